The fourth-order valence-electron chi connectivity index (χ4n) is 4.52. The van der Waals surface area contributed by atoms with Gasteiger partial charge in [-0.15, -0.1) is 0 Å². The standard InChI is InChI=1S/C26H22FN3O4/c1-15-11-20(16(2)30(15)19-9-6-8-18(27)13-19)21(31)14-29-24(32)26(3,28-25(29)33)23-12-17-7-4-5-10-22(17)34-23/h4-13H,14H2,1-3H3,(H,28,33)/t26-/m1/s1. The molecule has 4 aromatic rings. The van der Waals surface area contributed by atoms with E-state index in [-0.39, 0.29) is 5.82 Å². The molecule has 0 spiro atoms. The number of fused-ring (bicyclic) bond motifs is 1. The molecule has 3 heterocycles. The number of carbonyl (C=O) groups is 3. The van der Waals surface area contributed by atoms with Crippen LogP contribution in [0.25, 0.3) is 16.7 Å². The maximum Gasteiger partial charge on any atom is 0.325 e. The Morgan fingerprint density at radius 2 is 1.82 bits per heavy atom. The number of halogens is 1. The van der Waals surface area contributed by atoms with E-state index in [0.717, 1.165) is 16.0 Å². The third-order valence-electron chi connectivity index (χ3n) is 6.29. The molecule has 3 amide bonds. The molecule has 2 aromatic carbocycles. The van der Waals surface area contributed by atoms with E-state index in [9.17, 15) is 18.8 Å². The normalized spacial score (nSPS) is 18.1. The number of hydrogen-bond acceptors (Lipinski definition) is 4. The van der Waals surface area contributed by atoms with E-state index < -0.39 is 29.8 Å². The molecule has 1 atom stereocenters. The molecule has 0 saturated carbocycles. The van der Waals surface area contributed by atoms with Crippen molar-refractivity contribution in [2.24, 2.45) is 0 Å². The minimum absolute atomic E-state index is 0.297. The summed E-state index contributed by atoms with van der Waals surface area (Å²) in [4.78, 5) is 40.1. The average molecular weight is 459 g/mol. The van der Waals surface area contributed by atoms with Crippen LogP contribution in [-0.2, 0) is 10.3 Å². The highest BCUT2D eigenvalue weighted by Crippen LogP contribution is 2.33. The van der Waals surface area contributed by atoms with Crippen molar-refractivity contribution in [3.05, 3.63) is 89.2 Å². The number of nitrogens with one attached hydrogen (secondary N) is 1. The number of para-hydroxylation sites is 1. The molecule has 0 radical (unpaired) electrons. The van der Waals surface area contributed by atoms with Crippen LogP contribution in [-0.4, -0.2) is 33.7 Å². The van der Waals surface area contributed by atoms with Crippen LogP contribution in [0, 0.1) is 19.7 Å². The Morgan fingerprint density at radius 1 is 1.06 bits per heavy atom. The van der Waals surface area contributed by atoms with Gasteiger partial charge < -0.3 is 14.3 Å². The maximum absolute atomic E-state index is 13.7. The number of ketones is 1. The van der Waals surface area contributed by atoms with E-state index in [1.165, 1.54) is 12.1 Å². The minimum Gasteiger partial charge on any atom is -0.458 e. The number of nitrogens with zero attached hydrogens (tertiary/aromatic N) is 2. The van der Waals surface area contributed by atoms with Gasteiger partial charge in [0.2, 0.25) is 0 Å². The first-order chi connectivity index (χ1) is 16.2. The van der Waals surface area contributed by atoms with Crippen molar-refractivity contribution < 1.29 is 23.2 Å². The second-order valence-corrected chi connectivity index (χ2v) is 8.62. The molecule has 0 bridgehead atoms. The fourth-order valence-corrected chi connectivity index (χ4v) is 4.52. The average Bonchev–Trinajstić information content (AvgIpc) is 3.43. The number of urea groups is 1. The number of hydrogen-bond donors (Lipinski definition) is 1. The topological polar surface area (TPSA) is 84.6 Å². The van der Waals surface area contributed by atoms with Crippen LogP contribution in [0.3, 0.4) is 0 Å². The second kappa shape index (κ2) is 7.69. The molecule has 8 heteroatoms. The van der Waals surface area contributed by atoms with Crippen LogP contribution in [0.4, 0.5) is 9.18 Å². The minimum atomic E-state index is -1.42. The van der Waals surface area contributed by atoms with Crippen molar-refractivity contribution in [1.29, 1.82) is 0 Å². The van der Waals surface area contributed by atoms with E-state index in [1.807, 2.05) is 18.2 Å². The number of imide groups is 1. The highest BCUT2D eigenvalue weighted by atomic mass is 19.1. The van der Waals surface area contributed by atoms with Crippen molar-refractivity contribution in [2.45, 2.75) is 26.3 Å². The highest BCUT2D eigenvalue weighted by molar-refractivity contribution is 6.11. The molecule has 34 heavy (non-hydrogen) atoms. The lowest BCUT2D eigenvalue weighted by molar-refractivity contribution is -0.131. The number of aryl methyl sites for hydroxylation is 1. The molecule has 1 saturated heterocycles. The number of furan rings is 1. The quantitative estimate of drug-likeness (QED) is 0.348. The first-order valence-corrected chi connectivity index (χ1v) is 10.8. The predicted molar refractivity (Wildman–Crippen MR) is 123 cm³/mol. The van der Waals surface area contributed by atoms with Crippen LogP contribution in [0.15, 0.2) is 65.1 Å². The fraction of sp³-hybridized carbons (Fsp3) is 0.192. The summed E-state index contributed by atoms with van der Waals surface area (Å²) >= 11 is 0. The van der Waals surface area contributed by atoms with Gasteiger partial charge in [-0.3, -0.25) is 14.5 Å². The molecule has 172 valence electrons. The summed E-state index contributed by atoms with van der Waals surface area (Å²) < 4.78 is 21.3. The molecule has 0 unspecified atom stereocenters. The Hall–Kier alpha value is -4.20. The van der Waals surface area contributed by atoms with Gasteiger partial charge in [-0.25, -0.2) is 9.18 Å². The largest absolute Gasteiger partial charge is 0.458 e. The van der Waals surface area contributed by atoms with Gasteiger partial charge in [-0.2, -0.15) is 0 Å². The predicted octanol–water partition coefficient (Wildman–Crippen LogP) is 4.63. The summed E-state index contributed by atoms with van der Waals surface area (Å²) in [5.41, 5.74) is 1.45. The molecule has 1 aliphatic rings. The molecular formula is C26H22FN3O4. The number of carbonyl (C=O) groups excluding carboxylic acids is 3. The van der Waals surface area contributed by atoms with E-state index in [2.05, 4.69) is 5.32 Å². The summed E-state index contributed by atoms with van der Waals surface area (Å²) in [6.45, 7) is 4.69. The van der Waals surface area contributed by atoms with Crippen LogP contribution in [0.1, 0.15) is 34.4 Å². The zero-order chi connectivity index (χ0) is 24.2. The van der Waals surface area contributed by atoms with Crippen molar-refractivity contribution in [2.75, 3.05) is 6.54 Å². The van der Waals surface area contributed by atoms with Gasteiger partial charge in [0.05, 0.1) is 6.54 Å². The lowest BCUT2D eigenvalue weighted by Gasteiger charge is -2.18. The smallest absolute Gasteiger partial charge is 0.325 e. The summed E-state index contributed by atoms with van der Waals surface area (Å²) in [6, 6.07) is 16.1. The van der Waals surface area contributed by atoms with Crippen LogP contribution in [0.5, 0.6) is 0 Å². The van der Waals surface area contributed by atoms with E-state index >= 15 is 0 Å². The third-order valence-corrected chi connectivity index (χ3v) is 6.29. The first-order valence-electron chi connectivity index (χ1n) is 10.8. The summed E-state index contributed by atoms with van der Waals surface area (Å²) in [5, 5.41) is 3.48. The number of benzene rings is 2. The van der Waals surface area contributed by atoms with Gasteiger partial charge in [-0.05, 0) is 57.2 Å². The number of amides is 3. The Labute approximate surface area is 194 Å². The van der Waals surface area contributed by atoms with Crippen LogP contribution in [0.2, 0.25) is 0 Å². The van der Waals surface area contributed by atoms with Gasteiger partial charge in [0.25, 0.3) is 5.91 Å². The Balaban J connectivity index is 1.43. The Kier molecular flexibility index (Phi) is 4.89. The van der Waals surface area contributed by atoms with Crippen molar-refractivity contribution in [3.63, 3.8) is 0 Å². The zero-order valence-electron chi connectivity index (χ0n) is 18.9. The number of Topliss-reactive ketones (excluding diaryl/α,β-unsaturated/α-hetero) is 1. The van der Waals surface area contributed by atoms with E-state index in [4.69, 9.17) is 4.42 Å². The highest BCUT2D eigenvalue weighted by Gasteiger charge is 2.51. The molecule has 7 nitrogen and oxygen atoms in total. The maximum atomic E-state index is 13.7. The van der Waals surface area contributed by atoms with E-state index in [1.54, 1.807) is 55.7 Å². The second-order valence-electron chi connectivity index (χ2n) is 8.62. The first kappa shape index (κ1) is 21.6. The van der Waals surface area contributed by atoms with Gasteiger partial charge in [0, 0.05) is 28.0 Å². The summed E-state index contributed by atoms with van der Waals surface area (Å²) in [7, 11) is 0. The number of aromatic nitrogens is 1. The molecule has 0 aliphatic carbocycles. The van der Waals surface area contributed by atoms with Gasteiger partial charge in [-0.1, -0.05) is 24.3 Å². The van der Waals surface area contributed by atoms with Crippen molar-refractivity contribution >= 4 is 28.7 Å². The summed E-state index contributed by atoms with van der Waals surface area (Å²) in [5.74, 6) is -1.05. The van der Waals surface area contributed by atoms with Crippen LogP contribution >= 0.6 is 0 Å². The monoisotopic (exact) mass is 459 g/mol. The van der Waals surface area contributed by atoms with Crippen molar-refractivity contribution in [3.8, 4) is 5.69 Å². The van der Waals surface area contributed by atoms with E-state index in [0.29, 0.717) is 28.3 Å². The molecule has 1 N–H and O–H groups in total. The molecule has 1 aliphatic heterocycles. The zero-order valence-corrected chi connectivity index (χ0v) is 18.9. The van der Waals surface area contributed by atoms with Gasteiger partial charge >= 0.3 is 6.03 Å². The lowest BCUT2D eigenvalue weighted by Crippen LogP contribution is -2.41. The van der Waals surface area contributed by atoms with Crippen LogP contribution < -0.4 is 5.32 Å². The van der Waals surface area contributed by atoms with Gasteiger partial charge in [0.1, 0.15) is 17.2 Å². The SMILES string of the molecule is Cc1cc(C(=O)CN2C(=O)N[C@](C)(c3cc4ccccc4o3)C2=O)c(C)n1-c1cccc(F)c1. The molecule has 5 rings (SSSR count). The van der Waals surface area contributed by atoms with Crippen molar-refractivity contribution in [1.82, 2.24) is 14.8 Å². The lowest BCUT2D eigenvalue weighted by atomic mass is 9.98. The van der Waals surface area contributed by atoms with Gasteiger partial charge in [0.15, 0.2) is 11.3 Å². The Bertz CT molecular complexity index is 1450. The Morgan fingerprint density at radius 3 is 2.56 bits per heavy atom. The molecule has 2 aromatic heterocycles. The molecular weight excluding hydrogens is 437 g/mol. The molecule has 1 fully saturated rings. The summed E-state index contributed by atoms with van der Waals surface area (Å²) in [6.07, 6.45) is 0. The third kappa shape index (κ3) is 3.30. The number of rotatable bonds is 5.